The lowest BCUT2D eigenvalue weighted by atomic mass is 10.2. The summed E-state index contributed by atoms with van der Waals surface area (Å²) in [7, 11) is 1.82. The van der Waals surface area contributed by atoms with Crippen molar-refractivity contribution in [3.63, 3.8) is 0 Å². The van der Waals surface area contributed by atoms with Gasteiger partial charge >= 0.3 is 0 Å². The SMILES string of the molecule is CN(CC(=O)N1CCN(c2ccc(Cl)cc2[N+](=O)[O-])CC1)Cc1cccc(F)c1. The zero-order valence-electron chi connectivity index (χ0n) is 16.1. The molecule has 0 atom stereocenters. The van der Waals surface area contributed by atoms with Gasteiger partial charge in [-0.05, 0) is 36.9 Å². The maximum atomic E-state index is 13.3. The molecule has 1 saturated heterocycles. The van der Waals surface area contributed by atoms with E-state index in [-0.39, 0.29) is 24.0 Å². The molecule has 1 heterocycles. The highest BCUT2D eigenvalue weighted by atomic mass is 35.5. The molecule has 7 nitrogen and oxygen atoms in total. The molecule has 0 radical (unpaired) electrons. The molecule has 1 amide bonds. The second kappa shape index (κ2) is 9.19. The standard InChI is InChI=1S/C20H22ClFN4O3/c1-23(13-15-3-2-4-17(22)11-15)14-20(27)25-9-7-24(8-10-25)18-6-5-16(21)12-19(18)26(28)29/h2-6,11-12H,7-10,13-14H2,1H3. The van der Waals surface area contributed by atoms with Gasteiger partial charge < -0.3 is 9.80 Å². The third kappa shape index (κ3) is 5.42. The number of amides is 1. The molecule has 154 valence electrons. The molecule has 1 fully saturated rings. The highest BCUT2D eigenvalue weighted by Gasteiger charge is 2.26. The zero-order valence-corrected chi connectivity index (χ0v) is 16.8. The van der Waals surface area contributed by atoms with Gasteiger partial charge in [-0.2, -0.15) is 0 Å². The first-order chi connectivity index (χ1) is 13.8. The molecule has 0 unspecified atom stereocenters. The van der Waals surface area contributed by atoms with E-state index >= 15 is 0 Å². The molecule has 1 aliphatic rings. The van der Waals surface area contributed by atoms with Crippen LogP contribution in [0.2, 0.25) is 5.02 Å². The van der Waals surface area contributed by atoms with Crippen molar-refractivity contribution in [2.75, 3.05) is 44.7 Å². The minimum atomic E-state index is -0.444. The van der Waals surface area contributed by atoms with E-state index in [1.807, 2.05) is 22.9 Å². The Morgan fingerprint density at radius 3 is 2.59 bits per heavy atom. The molecular formula is C20H22ClFN4O3. The van der Waals surface area contributed by atoms with Crippen LogP contribution in [0, 0.1) is 15.9 Å². The molecule has 0 spiro atoms. The summed E-state index contributed by atoms with van der Waals surface area (Å²) in [6, 6.07) is 10.9. The maximum absolute atomic E-state index is 13.3. The third-order valence-corrected chi connectivity index (χ3v) is 5.09. The molecular weight excluding hydrogens is 399 g/mol. The van der Waals surface area contributed by atoms with E-state index in [2.05, 4.69) is 0 Å². The molecule has 3 rings (SSSR count). The van der Waals surface area contributed by atoms with Crippen LogP contribution in [-0.2, 0) is 11.3 Å². The van der Waals surface area contributed by atoms with Crippen LogP contribution in [0.3, 0.4) is 0 Å². The van der Waals surface area contributed by atoms with Crippen LogP contribution in [-0.4, -0.2) is 60.4 Å². The van der Waals surface area contributed by atoms with Crippen LogP contribution in [0.1, 0.15) is 5.56 Å². The first-order valence-electron chi connectivity index (χ1n) is 9.23. The Morgan fingerprint density at radius 1 is 1.21 bits per heavy atom. The van der Waals surface area contributed by atoms with Gasteiger partial charge in [0.15, 0.2) is 0 Å². The van der Waals surface area contributed by atoms with Gasteiger partial charge in [-0.3, -0.25) is 19.8 Å². The van der Waals surface area contributed by atoms with Crippen molar-refractivity contribution in [1.29, 1.82) is 0 Å². The molecule has 0 N–H and O–H groups in total. The van der Waals surface area contributed by atoms with Gasteiger partial charge in [0.25, 0.3) is 5.69 Å². The first kappa shape index (κ1) is 21.0. The highest BCUT2D eigenvalue weighted by molar-refractivity contribution is 6.30. The highest BCUT2D eigenvalue weighted by Crippen LogP contribution is 2.31. The summed E-state index contributed by atoms with van der Waals surface area (Å²) in [6.45, 7) is 2.65. The Labute approximate surface area is 173 Å². The molecule has 0 saturated carbocycles. The van der Waals surface area contributed by atoms with Crippen molar-refractivity contribution in [2.45, 2.75) is 6.54 Å². The lowest BCUT2D eigenvalue weighted by Gasteiger charge is -2.36. The number of benzene rings is 2. The van der Waals surface area contributed by atoms with Crippen LogP contribution in [0.25, 0.3) is 0 Å². The third-order valence-electron chi connectivity index (χ3n) is 4.85. The summed E-state index contributed by atoms with van der Waals surface area (Å²) >= 11 is 5.88. The first-order valence-corrected chi connectivity index (χ1v) is 9.61. The van der Waals surface area contributed by atoms with E-state index in [0.29, 0.717) is 43.4 Å². The number of anilines is 1. The molecule has 2 aromatic rings. The number of carbonyl (C=O) groups is 1. The molecule has 0 aromatic heterocycles. The summed E-state index contributed by atoms with van der Waals surface area (Å²) in [6.07, 6.45) is 0. The lowest BCUT2D eigenvalue weighted by molar-refractivity contribution is -0.384. The number of halogens is 2. The molecule has 2 aromatic carbocycles. The van der Waals surface area contributed by atoms with E-state index in [0.717, 1.165) is 5.56 Å². The average molecular weight is 421 g/mol. The van der Waals surface area contributed by atoms with Crippen molar-refractivity contribution < 1.29 is 14.1 Å². The van der Waals surface area contributed by atoms with Gasteiger partial charge in [0.1, 0.15) is 11.5 Å². The minimum absolute atomic E-state index is 0.0193. The largest absolute Gasteiger partial charge is 0.362 e. The van der Waals surface area contributed by atoms with E-state index in [1.54, 1.807) is 23.1 Å². The number of hydrogen-bond donors (Lipinski definition) is 0. The van der Waals surface area contributed by atoms with E-state index in [4.69, 9.17) is 11.6 Å². The van der Waals surface area contributed by atoms with Crippen LogP contribution in [0.4, 0.5) is 15.8 Å². The van der Waals surface area contributed by atoms with Gasteiger partial charge in [-0.15, -0.1) is 0 Å². The topological polar surface area (TPSA) is 69.9 Å². The number of piperazine rings is 1. The average Bonchev–Trinajstić information content (AvgIpc) is 2.68. The molecule has 1 aliphatic heterocycles. The minimum Gasteiger partial charge on any atom is -0.362 e. The van der Waals surface area contributed by atoms with Gasteiger partial charge in [0, 0.05) is 43.8 Å². The zero-order chi connectivity index (χ0) is 21.0. The predicted molar refractivity (Wildman–Crippen MR) is 110 cm³/mol. The second-order valence-corrected chi connectivity index (χ2v) is 7.50. The maximum Gasteiger partial charge on any atom is 0.294 e. The van der Waals surface area contributed by atoms with Crippen LogP contribution in [0.15, 0.2) is 42.5 Å². The number of carbonyl (C=O) groups excluding carboxylic acids is 1. The van der Waals surface area contributed by atoms with Gasteiger partial charge in [0.05, 0.1) is 11.5 Å². The fourth-order valence-electron chi connectivity index (χ4n) is 3.44. The number of nitrogens with zero attached hydrogens (tertiary/aromatic N) is 4. The number of nitro benzene ring substituents is 1. The quantitative estimate of drug-likeness (QED) is 0.530. The van der Waals surface area contributed by atoms with E-state index in [9.17, 15) is 19.3 Å². The summed E-state index contributed by atoms with van der Waals surface area (Å²) in [5, 5.41) is 11.6. The Morgan fingerprint density at radius 2 is 1.93 bits per heavy atom. The van der Waals surface area contributed by atoms with Gasteiger partial charge in [-0.25, -0.2) is 4.39 Å². The van der Waals surface area contributed by atoms with Gasteiger partial charge in [-0.1, -0.05) is 23.7 Å². The Hall–Kier alpha value is -2.71. The summed E-state index contributed by atoms with van der Waals surface area (Å²) < 4.78 is 13.3. The van der Waals surface area contributed by atoms with Crippen molar-refractivity contribution in [3.05, 3.63) is 69.0 Å². The van der Waals surface area contributed by atoms with E-state index in [1.165, 1.54) is 18.2 Å². The summed E-state index contributed by atoms with van der Waals surface area (Å²) in [4.78, 5) is 28.9. The monoisotopic (exact) mass is 420 g/mol. The van der Waals surface area contributed by atoms with Crippen LogP contribution >= 0.6 is 11.6 Å². The smallest absolute Gasteiger partial charge is 0.294 e. The Bertz CT molecular complexity index is 903. The second-order valence-electron chi connectivity index (χ2n) is 7.06. The van der Waals surface area contributed by atoms with Crippen molar-refractivity contribution in [3.8, 4) is 0 Å². The number of rotatable bonds is 6. The Kier molecular flexibility index (Phi) is 6.66. The summed E-state index contributed by atoms with van der Waals surface area (Å²) in [5.41, 5.74) is 1.28. The fourth-order valence-corrected chi connectivity index (χ4v) is 3.61. The number of hydrogen-bond acceptors (Lipinski definition) is 5. The number of nitro groups is 1. The molecule has 9 heteroatoms. The van der Waals surface area contributed by atoms with Crippen molar-refractivity contribution >= 4 is 28.9 Å². The fraction of sp³-hybridized carbons (Fsp3) is 0.350. The van der Waals surface area contributed by atoms with Crippen molar-refractivity contribution in [2.24, 2.45) is 0 Å². The number of likely N-dealkylation sites (N-methyl/N-ethyl adjacent to an activating group) is 1. The Balaban J connectivity index is 1.55. The van der Waals surface area contributed by atoms with Crippen molar-refractivity contribution in [1.82, 2.24) is 9.80 Å². The molecule has 0 bridgehead atoms. The predicted octanol–water partition coefficient (Wildman–Crippen LogP) is 3.17. The normalized spacial score (nSPS) is 14.3. The molecule has 29 heavy (non-hydrogen) atoms. The lowest BCUT2D eigenvalue weighted by Crippen LogP contribution is -2.51. The van der Waals surface area contributed by atoms with Crippen LogP contribution in [0.5, 0.6) is 0 Å². The van der Waals surface area contributed by atoms with E-state index < -0.39 is 4.92 Å². The van der Waals surface area contributed by atoms with Gasteiger partial charge in [0.2, 0.25) is 5.91 Å². The van der Waals surface area contributed by atoms with Crippen LogP contribution < -0.4 is 4.90 Å². The molecule has 0 aliphatic carbocycles. The summed E-state index contributed by atoms with van der Waals surface area (Å²) in [5.74, 6) is -0.316.